The number of nitrogens with zero attached hydrogens (tertiary/aromatic N) is 2. The lowest BCUT2D eigenvalue weighted by Gasteiger charge is -2.39. The van der Waals surface area contributed by atoms with Crippen molar-refractivity contribution >= 4 is 40.8 Å². The van der Waals surface area contributed by atoms with E-state index in [2.05, 4.69) is 10.1 Å². The van der Waals surface area contributed by atoms with E-state index < -0.39 is 6.61 Å². The van der Waals surface area contributed by atoms with Crippen LogP contribution in [0.2, 0.25) is 10.0 Å². The second-order valence-electron chi connectivity index (χ2n) is 11.7. The number of halogens is 4. The first kappa shape index (κ1) is 33.9. The molecule has 0 saturated carbocycles. The number of aliphatic imine (C=N–C) groups is 1. The Hall–Kier alpha value is -3.01. The van der Waals surface area contributed by atoms with Gasteiger partial charge in [0.1, 0.15) is 5.75 Å². The van der Waals surface area contributed by atoms with Crippen molar-refractivity contribution in [1.82, 2.24) is 10.2 Å². The molecule has 238 valence electrons. The summed E-state index contributed by atoms with van der Waals surface area (Å²) in [7, 11) is 0. The fourth-order valence-corrected chi connectivity index (χ4v) is 5.97. The van der Waals surface area contributed by atoms with Gasteiger partial charge in [0.15, 0.2) is 0 Å². The number of hydrogen-bond donors (Lipinski definition) is 1. The third-order valence-electron chi connectivity index (χ3n) is 8.12. The van der Waals surface area contributed by atoms with Crippen LogP contribution in [0, 0.1) is 0 Å². The molecule has 0 spiro atoms. The minimum atomic E-state index is -2.85. The molecule has 7 nitrogen and oxygen atoms in total. The van der Waals surface area contributed by atoms with Gasteiger partial charge in [-0.15, -0.1) is 0 Å². The Morgan fingerprint density at radius 3 is 2.48 bits per heavy atom. The second kappa shape index (κ2) is 14.8. The van der Waals surface area contributed by atoms with Crippen molar-refractivity contribution in [3.63, 3.8) is 0 Å². The van der Waals surface area contributed by atoms with Gasteiger partial charge >= 0.3 is 12.6 Å². The normalized spacial score (nSPS) is 18.7. The number of amides is 1. The zero-order valence-electron chi connectivity index (χ0n) is 25.5. The molecule has 11 heteroatoms. The van der Waals surface area contributed by atoms with E-state index in [-0.39, 0.29) is 48.4 Å². The molecule has 1 N–H and O–H groups in total. The number of piperidine rings is 1. The molecular formula is C33H39Cl2F2N3O4. The van der Waals surface area contributed by atoms with E-state index >= 15 is 0 Å². The Bertz CT molecular complexity index is 1410. The fraction of sp³-hybridized carbons (Fsp3) is 0.485. The summed E-state index contributed by atoms with van der Waals surface area (Å²) in [6.45, 7) is 6.28. The molecule has 2 atom stereocenters. The minimum Gasteiger partial charge on any atom is -0.463 e. The number of dihydropyridines is 1. The highest BCUT2D eigenvalue weighted by Gasteiger charge is 2.37. The lowest BCUT2D eigenvalue weighted by Crippen LogP contribution is -2.48. The molecule has 1 saturated heterocycles. The van der Waals surface area contributed by atoms with Crippen molar-refractivity contribution in [3.8, 4) is 5.75 Å². The smallest absolute Gasteiger partial charge is 0.387 e. The van der Waals surface area contributed by atoms with Gasteiger partial charge in [-0.2, -0.15) is 8.78 Å². The number of nitrogens with one attached hydrogen (secondary N) is 1. The van der Waals surface area contributed by atoms with Gasteiger partial charge in [0, 0.05) is 53.4 Å². The molecule has 4 rings (SSSR count). The summed E-state index contributed by atoms with van der Waals surface area (Å²) in [5.74, 6) is -0.406. The van der Waals surface area contributed by atoms with Crippen molar-refractivity contribution in [2.24, 2.45) is 4.99 Å². The van der Waals surface area contributed by atoms with Gasteiger partial charge in [0.05, 0.1) is 22.7 Å². The minimum absolute atomic E-state index is 0.0481. The van der Waals surface area contributed by atoms with Crippen LogP contribution in [0.25, 0.3) is 0 Å². The van der Waals surface area contributed by atoms with Crippen molar-refractivity contribution in [2.45, 2.75) is 84.0 Å². The largest absolute Gasteiger partial charge is 0.463 e. The molecule has 0 radical (unpaired) electrons. The number of hydrogen-bond acceptors (Lipinski definition) is 6. The van der Waals surface area contributed by atoms with Gasteiger partial charge in [-0.25, -0.2) is 4.79 Å². The summed E-state index contributed by atoms with van der Waals surface area (Å²) in [6, 6.07) is 11.3. The predicted molar refractivity (Wildman–Crippen MR) is 169 cm³/mol. The number of rotatable bonds is 12. The van der Waals surface area contributed by atoms with E-state index in [0.717, 1.165) is 42.7 Å². The summed E-state index contributed by atoms with van der Waals surface area (Å²) in [5, 5.41) is 4.23. The average Bonchev–Trinajstić information content (AvgIpc) is 2.97. The molecule has 2 heterocycles. The van der Waals surface area contributed by atoms with Crippen LogP contribution in [0.1, 0.15) is 75.7 Å². The number of ether oxygens (including phenoxy) is 2. The summed E-state index contributed by atoms with van der Waals surface area (Å²) in [5.41, 5.74) is 3.29. The van der Waals surface area contributed by atoms with Crippen LogP contribution in [-0.2, 0) is 15.1 Å². The Morgan fingerprint density at radius 1 is 1.09 bits per heavy atom. The van der Waals surface area contributed by atoms with Crippen molar-refractivity contribution in [1.29, 1.82) is 0 Å². The van der Waals surface area contributed by atoms with E-state index in [1.807, 2.05) is 20.8 Å². The van der Waals surface area contributed by atoms with Gasteiger partial charge in [-0.05, 0) is 83.0 Å². The molecule has 1 amide bonds. The maximum absolute atomic E-state index is 13.4. The van der Waals surface area contributed by atoms with Crippen molar-refractivity contribution in [3.05, 3.63) is 74.8 Å². The summed E-state index contributed by atoms with van der Waals surface area (Å²) in [4.78, 5) is 33.3. The fourth-order valence-electron chi connectivity index (χ4n) is 5.67. The first-order valence-electron chi connectivity index (χ1n) is 14.9. The maximum Gasteiger partial charge on any atom is 0.387 e. The number of likely N-dealkylation sites (tertiary alicyclic amines) is 1. The number of carbonyl (C=O) groups is 2. The van der Waals surface area contributed by atoms with E-state index in [1.54, 1.807) is 54.3 Å². The van der Waals surface area contributed by atoms with E-state index in [4.69, 9.17) is 32.9 Å². The Morgan fingerprint density at radius 2 is 1.82 bits per heavy atom. The summed E-state index contributed by atoms with van der Waals surface area (Å²) < 4.78 is 34.8. The van der Waals surface area contributed by atoms with Crippen LogP contribution in [0.4, 0.5) is 8.78 Å². The van der Waals surface area contributed by atoms with Crippen LogP contribution in [-0.4, -0.2) is 60.9 Å². The Labute approximate surface area is 267 Å². The first-order valence-corrected chi connectivity index (χ1v) is 15.7. The molecule has 2 aromatic rings. The topological polar surface area (TPSA) is 80.2 Å². The van der Waals surface area contributed by atoms with Crippen molar-refractivity contribution in [2.75, 3.05) is 19.7 Å². The lowest BCUT2D eigenvalue weighted by atomic mass is 9.85. The highest BCUT2D eigenvalue weighted by atomic mass is 35.5. The third kappa shape index (κ3) is 8.37. The van der Waals surface area contributed by atoms with Gasteiger partial charge in [0.25, 0.3) is 5.91 Å². The van der Waals surface area contributed by atoms with Crippen LogP contribution in [0.3, 0.4) is 0 Å². The van der Waals surface area contributed by atoms with E-state index in [9.17, 15) is 18.4 Å². The molecule has 0 bridgehead atoms. The monoisotopic (exact) mass is 649 g/mol. The highest BCUT2D eigenvalue weighted by Crippen LogP contribution is 2.33. The number of benzene rings is 2. The number of esters is 1. The lowest BCUT2D eigenvalue weighted by molar-refractivity contribution is -0.138. The molecule has 1 unspecified atom stereocenters. The molecule has 2 aliphatic heterocycles. The number of unbranched alkanes of at least 4 members (excludes halogenated alkanes) is 1. The molecular weight excluding hydrogens is 611 g/mol. The second-order valence-corrected chi connectivity index (χ2v) is 12.5. The van der Waals surface area contributed by atoms with Gasteiger partial charge < -0.3 is 19.7 Å². The van der Waals surface area contributed by atoms with Crippen LogP contribution >= 0.6 is 23.2 Å². The SMILES string of the molecule is CCOC(=O)C1=C2CN(C(=O)c3ccc(Cl)c(Cl)c3)[C@H](C)CC2=NC(CCCCNC(C)(C)c2ccc(OC(F)F)cc2)C1. The number of alkyl halides is 2. The molecule has 2 aliphatic rings. The molecule has 0 aromatic heterocycles. The standard InChI is InChI=1S/C33H39Cl2F2N3O4/c1-5-43-31(42)25-18-23(8-6-7-15-38-33(3,4)22-10-12-24(13-11-22)44-32(36)37)39-29-16-20(2)40(19-26(25)29)30(41)21-9-14-27(34)28(35)17-21/h9-14,17,20,23,32,38H,5-8,15-16,18-19H2,1-4H3/t20-,23?/m1/s1. The zero-order valence-corrected chi connectivity index (χ0v) is 27.0. The van der Waals surface area contributed by atoms with Crippen LogP contribution in [0.5, 0.6) is 5.75 Å². The summed E-state index contributed by atoms with van der Waals surface area (Å²) >= 11 is 12.2. The van der Waals surface area contributed by atoms with Gasteiger partial charge in [-0.1, -0.05) is 41.8 Å². The number of fused-ring (bicyclic) bond motifs is 1. The average molecular weight is 651 g/mol. The molecule has 2 aromatic carbocycles. The molecule has 0 aliphatic carbocycles. The van der Waals surface area contributed by atoms with Crippen molar-refractivity contribution < 1.29 is 27.8 Å². The first-order chi connectivity index (χ1) is 20.9. The Kier molecular flexibility index (Phi) is 11.4. The van der Waals surface area contributed by atoms with E-state index in [1.165, 1.54) is 0 Å². The number of carbonyl (C=O) groups excluding carboxylic acids is 2. The van der Waals surface area contributed by atoms with Gasteiger partial charge in [-0.3, -0.25) is 9.79 Å². The molecule has 44 heavy (non-hydrogen) atoms. The quantitative estimate of drug-likeness (QED) is 0.189. The molecule has 1 fully saturated rings. The highest BCUT2D eigenvalue weighted by molar-refractivity contribution is 6.42. The predicted octanol–water partition coefficient (Wildman–Crippen LogP) is 7.60. The van der Waals surface area contributed by atoms with E-state index in [0.29, 0.717) is 34.0 Å². The third-order valence-corrected chi connectivity index (χ3v) is 8.86. The van der Waals surface area contributed by atoms with Crippen LogP contribution < -0.4 is 10.1 Å². The zero-order chi connectivity index (χ0) is 32.0. The maximum atomic E-state index is 13.4. The Balaban J connectivity index is 1.37. The van der Waals surface area contributed by atoms with Crippen LogP contribution in [0.15, 0.2) is 58.6 Å². The summed E-state index contributed by atoms with van der Waals surface area (Å²) in [6.07, 6.45) is 3.60. The van der Waals surface area contributed by atoms with Gasteiger partial charge in [0.2, 0.25) is 0 Å².